The van der Waals surface area contributed by atoms with Crippen LogP contribution in [0.15, 0.2) is 47.0 Å². The molecular formula is C22H24N2O4. The maximum atomic E-state index is 12.7. The maximum Gasteiger partial charge on any atom is 0.316 e. The fourth-order valence-electron chi connectivity index (χ4n) is 3.22. The van der Waals surface area contributed by atoms with Crippen molar-refractivity contribution in [2.45, 2.75) is 40.0 Å². The SMILES string of the molecule is Cc1cc(-n2c(C)cc(C(=O)COC(=O)C(C)(C)c3ccccc3)c2C)no1. The highest BCUT2D eigenvalue weighted by Crippen LogP contribution is 2.25. The summed E-state index contributed by atoms with van der Waals surface area (Å²) in [7, 11) is 0. The molecule has 2 aromatic heterocycles. The first-order valence-electron chi connectivity index (χ1n) is 9.10. The van der Waals surface area contributed by atoms with Crippen LogP contribution in [0.25, 0.3) is 5.82 Å². The summed E-state index contributed by atoms with van der Waals surface area (Å²) in [6.07, 6.45) is 0. The molecule has 0 atom stereocenters. The lowest BCUT2D eigenvalue weighted by atomic mass is 9.85. The van der Waals surface area contributed by atoms with Crippen molar-refractivity contribution in [2.24, 2.45) is 0 Å². The third-order valence-corrected chi connectivity index (χ3v) is 4.92. The summed E-state index contributed by atoms with van der Waals surface area (Å²) in [5.41, 5.74) is 2.09. The number of benzene rings is 1. The van der Waals surface area contributed by atoms with Crippen LogP contribution < -0.4 is 0 Å². The van der Waals surface area contributed by atoms with Crippen LogP contribution >= 0.6 is 0 Å². The molecular weight excluding hydrogens is 356 g/mol. The molecule has 3 aromatic rings. The van der Waals surface area contributed by atoms with E-state index in [4.69, 9.17) is 9.26 Å². The first-order chi connectivity index (χ1) is 13.2. The van der Waals surface area contributed by atoms with E-state index < -0.39 is 11.4 Å². The quantitative estimate of drug-likeness (QED) is 0.475. The van der Waals surface area contributed by atoms with Crippen LogP contribution in [-0.4, -0.2) is 28.1 Å². The van der Waals surface area contributed by atoms with E-state index >= 15 is 0 Å². The van der Waals surface area contributed by atoms with Gasteiger partial charge >= 0.3 is 5.97 Å². The molecule has 0 aliphatic carbocycles. The van der Waals surface area contributed by atoms with E-state index in [0.29, 0.717) is 17.1 Å². The highest BCUT2D eigenvalue weighted by molar-refractivity contribution is 5.99. The van der Waals surface area contributed by atoms with E-state index in [9.17, 15) is 9.59 Å². The second-order valence-electron chi connectivity index (χ2n) is 7.41. The first kappa shape index (κ1) is 19.6. The zero-order chi connectivity index (χ0) is 20.5. The van der Waals surface area contributed by atoms with Crippen LogP contribution in [0, 0.1) is 20.8 Å². The molecule has 0 fully saturated rings. The van der Waals surface area contributed by atoms with Crippen molar-refractivity contribution in [1.82, 2.24) is 9.72 Å². The van der Waals surface area contributed by atoms with Crippen LogP contribution in [-0.2, 0) is 14.9 Å². The Morgan fingerprint density at radius 1 is 1.11 bits per heavy atom. The molecule has 0 saturated heterocycles. The number of aryl methyl sites for hydroxylation is 2. The first-order valence-corrected chi connectivity index (χ1v) is 9.10. The summed E-state index contributed by atoms with van der Waals surface area (Å²) in [4.78, 5) is 25.3. The van der Waals surface area contributed by atoms with E-state index in [0.717, 1.165) is 17.0 Å². The molecule has 0 spiro atoms. The number of aromatic nitrogens is 2. The number of carbonyl (C=O) groups is 2. The number of esters is 1. The largest absolute Gasteiger partial charge is 0.457 e. The second kappa shape index (κ2) is 7.46. The highest BCUT2D eigenvalue weighted by Gasteiger charge is 2.32. The van der Waals surface area contributed by atoms with Gasteiger partial charge in [0, 0.05) is 23.0 Å². The van der Waals surface area contributed by atoms with Gasteiger partial charge in [0.2, 0.25) is 5.78 Å². The van der Waals surface area contributed by atoms with Crippen LogP contribution in [0.4, 0.5) is 0 Å². The normalized spacial score (nSPS) is 11.5. The van der Waals surface area contributed by atoms with Crippen LogP contribution in [0.5, 0.6) is 0 Å². The molecule has 6 nitrogen and oxygen atoms in total. The standard InChI is InChI=1S/C22H24N2O4/c1-14-11-18(16(3)24(14)20-12-15(2)28-23-20)19(25)13-27-21(26)22(4,5)17-9-7-6-8-10-17/h6-12H,13H2,1-5H3. The Bertz CT molecular complexity index is 1010. The van der Waals surface area contributed by atoms with Crippen molar-refractivity contribution < 1.29 is 18.8 Å². The van der Waals surface area contributed by atoms with Crippen molar-refractivity contribution >= 4 is 11.8 Å². The number of hydrogen-bond donors (Lipinski definition) is 0. The number of carbonyl (C=O) groups excluding carboxylic acids is 2. The van der Waals surface area contributed by atoms with Gasteiger partial charge in [-0.2, -0.15) is 0 Å². The lowest BCUT2D eigenvalue weighted by molar-refractivity contribution is -0.148. The van der Waals surface area contributed by atoms with Gasteiger partial charge in [0.15, 0.2) is 12.4 Å². The van der Waals surface area contributed by atoms with E-state index in [2.05, 4.69) is 5.16 Å². The average molecular weight is 380 g/mol. The number of ketones is 1. The van der Waals surface area contributed by atoms with E-state index in [-0.39, 0.29) is 12.4 Å². The van der Waals surface area contributed by atoms with Crippen molar-refractivity contribution in [3.63, 3.8) is 0 Å². The summed E-state index contributed by atoms with van der Waals surface area (Å²) in [5.74, 6) is 0.617. The molecule has 146 valence electrons. The van der Waals surface area contributed by atoms with Gasteiger partial charge < -0.3 is 9.26 Å². The van der Waals surface area contributed by atoms with Gasteiger partial charge in [0.1, 0.15) is 5.76 Å². The molecule has 6 heteroatoms. The van der Waals surface area contributed by atoms with Crippen molar-refractivity contribution in [2.75, 3.05) is 6.61 Å². The Kier molecular flexibility index (Phi) is 5.23. The van der Waals surface area contributed by atoms with Gasteiger partial charge in [-0.25, -0.2) is 0 Å². The molecule has 2 heterocycles. The monoisotopic (exact) mass is 380 g/mol. The molecule has 0 unspecified atom stereocenters. The van der Waals surface area contributed by atoms with Crippen LogP contribution in [0.3, 0.4) is 0 Å². The van der Waals surface area contributed by atoms with Crippen molar-refractivity contribution in [3.05, 3.63) is 70.7 Å². The Morgan fingerprint density at radius 3 is 2.39 bits per heavy atom. The van der Waals surface area contributed by atoms with E-state index in [1.165, 1.54) is 0 Å². The molecule has 0 N–H and O–H groups in total. The Labute approximate surface area is 164 Å². The third kappa shape index (κ3) is 3.63. The molecule has 0 saturated carbocycles. The van der Waals surface area contributed by atoms with Gasteiger partial charge in [0.25, 0.3) is 0 Å². The van der Waals surface area contributed by atoms with Crippen molar-refractivity contribution in [3.8, 4) is 5.82 Å². The predicted octanol–water partition coefficient (Wildman–Crippen LogP) is 4.09. The molecule has 0 aliphatic rings. The number of hydrogen-bond acceptors (Lipinski definition) is 5. The summed E-state index contributed by atoms with van der Waals surface area (Å²) >= 11 is 0. The summed E-state index contributed by atoms with van der Waals surface area (Å²) < 4.78 is 12.3. The molecule has 1 aromatic carbocycles. The molecule has 0 aliphatic heterocycles. The van der Waals surface area contributed by atoms with Gasteiger partial charge in [-0.3, -0.25) is 14.2 Å². The Morgan fingerprint density at radius 2 is 1.79 bits per heavy atom. The average Bonchev–Trinajstić information content (AvgIpc) is 3.22. The lowest BCUT2D eigenvalue weighted by Gasteiger charge is -2.22. The molecule has 28 heavy (non-hydrogen) atoms. The molecule has 0 bridgehead atoms. The highest BCUT2D eigenvalue weighted by atomic mass is 16.5. The van der Waals surface area contributed by atoms with Crippen molar-refractivity contribution in [1.29, 1.82) is 0 Å². The zero-order valence-corrected chi connectivity index (χ0v) is 16.8. The van der Waals surface area contributed by atoms with Gasteiger partial charge in [-0.15, -0.1) is 0 Å². The summed E-state index contributed by atoms with van der Waals surface area (Å²) in [6, 6.07) is 13.0. The van der Waals surface area contributed by atoms with Gasteiger partial charge in [-0.1, -0.05) is 35.5 Å². The molecule has 0 amide bonds. The summed E-state index contributed by atoms with van der Waals surface area (Å²) in [6.45, 7) is 8.79. The number of Topliss-reactive ketones (excluding diaryl/α,β-unsaturated/α-hetero) is 1. The lowest BCUT2D eigenvalue weighted by Crippen LogP contribution is -2.32. The van der Waals surface area contributed by atoms with Gasteiger partial charge in [0.05, 0.1) is 5.41 Å². The van der Waals surface area contributed by atoms with Crippen LogP contribution in [0.2, 0.25) is 0 Å². The van der Waals surface area contributed by atoms with E-state index in [1.54, 1.807) is 26.0 Å². The second-order valence-corrected chi connectivity index (χ2v) is 7.41. The topological polar surface area (TPSA) is 74.3 Å². The minimum atomic E-state index is -0.837. The number of rotatable bonds is 6. The maximum absolute atomic E-state index is 12.7. The third-order valence-electron chi connectivity index (χ3n) is 4.92. The minimum absolute atomic E-state index is 0.253. The zero-order valence-electron chi connectivity index (χ0n) is 16.8. The van der Waals surface area contributed by atoms with Crippen LogP contribution in [0.1, 0.15) is 46.9 Å². The fraction of sp³-hybridized carbons (Fsp3) is 0.318. The number of ether oxygens (including phenoxy) is 1. The van der Waals surface area contributed by atoms with E-state index in [1.807, 2.05) is 55.7 Å². The Hall–Kier alpha value is -3.15. The summed E-state index contributed by atoms with van der Waals surface area (Å²) in [5, 5.41) is 4.01. The Balaban J connectivity index is 1.75. The predicted molar refractivity (Wildman–Crippen MR) is 105 cm³/mol. The molecule has 3 rings (SSSR count). The minimum Gasteiger partial charge on any atom is -0.457 e. The smallest absolute Gasteiger partial charge is 0.316 e. The molecule has 0 radical (unpaired) electrons. The fourth-order valence-corrected chi connectivity index (χ4v) is 3.22. The number of nitrogens with zero attached hydrogens (tertiary/aromatic N) is 2. The van der Waals surface area contributed by atoms with Gasteiger partial charge in [-0.05, 0) is 46.2 Å².